The van der Waals surface area contributed by atoms with Crippen molar-refractivity contribution in [1.82, 2.24) is 5.32 Å². The highest BCUT2D eigenvalue weighted by molar-refractivity contribution is 5.47. The monoisotopic (exact) mass is 242 g/mol. The number of hydrogen-bond donors (Lipinski definition) is 1. The van der Waals surface area contributed by atoms with Crippen LogP contribution in [0.25, 0.3) is 0 Å². The van der Waals surface area contributed by atoms with Gasteiger partial charge in [0.15, 0.2) is 0 Å². The highest BCUT2D eigenvalue weighted by Crippen LogP contribution is 2.39. The first-order chi connectivity index (χ1) is 8.77. The number of hydrogen-bond acceptors (Lipinski definition) is 3. The molecule has 0 bridgehead atoms. The van der Waals surface area contributed by atoms with Crippen LogP contribution in [-0.2, 0) is 12.0 Å². The van der Waals surface area contributed by atoms with Crippen LogP contribution in [0.1, 0.15) is 30.4 Å². The van der Waals surface area contributed by atoms with Gasteiger partial charge in [-0.05, 0) is 61.4 Å². The minimum Gasteiger partial charge on any atom is -0.497 e. The number of nitriles is 1. The maximum atomic E-state index is 9.61. The van der Waals surface area contributed by atoms with E-state index in [4.69, 9.17) is 4.74 Å². The molecule has 0 radical (unpaired) electrons. The predicted octanol–water partition coefficient (Wildman–Crippen LogP) is 2.36. The van der Waals surface area contributed by atoms with Crippen LogP contribution >= 0.6 is 0 Å². The first-order valence-corrected chi connectivity index (χ1v) is 6.61. The Hall–Kier alpha value is -1.53. The number of aryl methyl sites for hydroxylation is 1. The summed E-state index contributed by atoms with van der Waals surface area (Å²) in [6.07, 6.45) is 4.46. The quantitative estimate of drug-likeness (QED) is 0.881. The van der Waals surface area contributed by atoms with Crippen LogP contribution in [0, 0.1) is 17.2 Å². The second kappa shape index (κ2) is 4.29. The molecule has 3 nitrogen and oxygen atoms in total. The topological polar surface area (TPSA) is 45.0 Å². The third kappa shape index (κ3) is 1.87. The maximum absolute atomic E-state index is 9.61. The van der Waals surface area contributed by atoms with Crippen LogP contribution in [0.4, 0.5) is 0 Å². The number of ether oxygens (including phenoxy) is 1. The lowest BCUT2D eigenvalue weighted by molar-refractivity contribution is 0.401. The van der Waals surface area contributed by atoms with Gasteiger partial charge < -0.3 is 4.74 Å². The van der Waals surface area contributed by atoms with Crippen molar-refractivity contribution in [3.05, 3.63) is 29.3 Å². The summed E-state index contributed by atoms with van der Waals surface area (Å²) in [6, 6.07) is 8.59. The minimum atomic E-state index is -0.494. The smallest absolute Gasteiger partial charge is 0.133 e. The van der Waals surface area contributed by atoms with E-state index in [1.54, 1.807) is 7.11 Å². The van der Waals surface area contributed by atoms with Crippen LogP contribution in [0.2, 0.25) is 0 Å². The molecule has 1 fully saturated rings. The fourth-order valence-electron chi connectivity index (χ4n) is 2.73. The van der Waals surface area contributed by atoms with Gasteiger partial charge in [-0.2, -0.15) is 5.26 Å². The SMILES string of the molecule is COc1ccc2c(c1)C(C#N)(NCC1CC1)CC2. The fraction of sp³-hybridized carbons (Fsp3) is 0.533. The van der Waals surface area contributed by atoms with Crippen molar-refractivity contribution in [2.75, 3.05) is 13.7 Å². The number of benzene rings is 1. The van der Waals surface area contributed by atoms with Crippen LogP contribution in [0.15, 0.2) is 18.2 Å². The molecule has 2 aliphatic carbocycles. The minimum absolute atomic E-state index is 0.494. The largest absolute Gasteiger partial charge is 0.497 e. The number of nitrogens with one attached hydrogen (secondary N) is 1. The summed E-state index contributed by atoms with van der Waals surface area (Å²) in [6.45, 7) is 0.963. The lowest BCUT2D eigenvalue weighted by Gasteiger charge is -2.24. The third-order valence-electron chi connectivity index (χ3n) is 4.13. The molecule has 0 aliphatic heterocycles. The maximum Gasteiger partial charge on any atom is 0.133 e. The van der Waals surface area contributed by atoms with Gasteiger partial charge in [-0.1, -0.05) is 6.07 Å². The molecule has 0 saturated heterocycles. The number of methoxy groups -OCH3 is 1. The summed E-state index contributed by atoms with van der Waals surface area (Å²) in [5.74, 6) is 1.62. The summed E-state index contributed by atoms with van der Waals surface area (Å²) < 4.78 is 5.28. The highest BCUT2D eigenvalue weighted by atomic mass is 16.5. The van der Waals surface area contributed by atoms with Crippen LogP contribution in [0.3, 0.4) is 0 Å². The molecule has 1 atom stereocenters. The van der Waals surface area contributed by atoms with E-state index in [1.807, 2.05) is 12.1 Å². The van der Waals surface area contributed by atoms with Crippen molar-refractivity contribution in [2.45, 2.75) is 31.2 Å². The molecule has 1 aromatic carbocycles. The molecular weight excluding hydrogens is 224 g/mol. The fourth-order valence-corrected chi connectivity index (χ4v) is 2.73. The van der Waals surface area contributed by atoms with E-state index in [1.165, 1.54) is 18.4 Å². The lowest BCUT2D eigenvalue weighted by atomic mass is 9.93. The van der Waals surface area contributed by atoms with E-state index in [0.717, 1.165) is 36.6 Å². The van der Waals surface area contributed by atoms with Gasteiger partial charge in [0, 0.05) is 0 Å². The van der Waals surface area contributed by atoms with Crippen LogP contribution < -0.4 is 10.1 Å². The Morgan fingerprint density at radius 2 is 2.33 bits per heavy atom. The Morgan fingerprint density at radius 1 is 1.50 bits per heavy atom. The van der Waals surface area contributed by atoms with Crippen molar-refractivity contribution in [3.8, 4) is 11.8 Å². The molecular formula is C15H18N2O. The van der Waals surface area contributed by atoms with Gasteiger partial charge in [0.25, 0.3) is 0 Å². The van der Waals surface area contributed by atoms with E-state index in [9.17, 15) is 5.26 Å². The molecule has 2 aliphatic rings. The highest BCUT2D eigenvalue weighted by Gasteiger charge is 2.40. The first-order valence-electron chi connectivity index (χ1n) is 6.61. The van der Waals surface area contributed by atoms with E-state index >= 15 is 0 Å². The number of nitrogens with zero attached hydrogens (tertiary/aromatic N) is 1. The zero-order valence-electron chi connectivity index (χ0n) is 10.7. The zero-order valence-corrected chi connectivity index (χ0v) is 10.7. The molecule has 1 saturated carbocycles. The predicted molar refractivity (Wildman–Crippen MR) is 69.3 cm³/mol. The van der Waals surface area contributed by atoms with E-state index in [2.05, 4.69) is 17.5 Å². The Morgan fingerprint density at radius 3 is 3.00 bits per heavy atom. The van der Waals surface area contributed by atoms with Crippen molar-refractivity contribution in [1.29, 1.82) is 5.26 Å². The van der Waals surface area contributed by atoms with Gasteiger partial charge in [0.05, 0.1) is 13.2 Å². The third-order valence-corrected chi connectivity index (χ3v) is 4.13. The number of rotatable bonds is 4. The number of fused-ring (bicyclic) bond motifs is 1. The summed E-state index contributed by atoms with van der Waals surface area (Å²) in [4.78, 5) is 0. The summed E-state index contributed by atoms with van der Waals surface area (Å²) in [7, 11) is 1.67. The van der Waals surface area contributed by atoms with Gasteiger partial charge in [-0.25, -0.2) is 0 Å². The average molecular weight is 242 g/mol. The molecule has 1 N–H and O–H groups in total. The van der Waals surface area contributed by atoms with Gasteiger partial charge in [0.2, 0.25) is 0 Å². The van der Waals surface area contributed by atoms with Crippen LogP contribution in [-0.4, -0.2) is 13.7 Å². The average Bonchev–Trinajstić information content (AvgIpc) is 3.18. The van der Waals surface area contributed by atoms with Gasteiger partial charge in [-0.15, -0.1) is 0 Å². The van der Waals surface area contributed by atoms with E-state index in [-0.39, 0.29) is 0 Å². The summed E-state index contributed by atoms with van der Waals surface area (Å²) >= 11 is 0. The summed E-state index contributed by atoms with van der Waals surface area (Å²) in [5, 5.41) is 13.1. The zero-order chi connectivity index (χ0) is 12.6. The van der Waals surface area contributed by atoms with Crippen LogP contribution in [0.5, 0.6) is 5.75 Å². The standard InChI is InChI=1S/C15H18N2O/c1-18-13-5-4-12-6-7-15(10-16,14(12)8-13)17-9-11-2-3-11/h4-5,8,11,17H,2-3,6-7,9H2,1H3. The molecule has 18 heavy (non-hydrogen) atoms. The normalized spacial score (nSPS) is 25.6. The van der Waals surface area contributed by atoms with Gasteiger partial charge in [0.1, 0.15) is 11.3 Å². The second-order valence-electron chi connectivity index (χ2n) is 5.36. The van der Waals surface area contributed by atoms with Crippen molar-refractivity contribution < 1.29 is 4.74 Å². The Bertz CT molecular complexity index is 502. The molecule has 3 rings (SSSR count). The molecule has 0 aromatic heterocycles. The molecule has 94 valence electrons. The molecule has 0 heterocycles. The molecule has 1 unspecified atom stereocenters. The van der Waals surface area contributed by atoms with Crippen molar-refractivity contribution in [3.63, 3.8) is 0 Å². The molecule has 3 heteroatoms. The second-order valence-corrected chi connectivity index (χ2v) is 5.36. The summed E-state index contributed by atoms with van der Waals surface area (Å²) in [5.41, 5.74) is 1.90. The molecule has 0 amide bonds. The Kier molecular flexibility index (Phi) is 2.76. The Labute approximate surface area is 108 Å². The molecule has 1 aromatic rings. The van der Waals surface area contributed by atoms with E-state index < -0.39 is 5.54 Å². The molecule has 0 spiro atoms. The van der Waals surface area contributed by atoms with Crippen molar-refractivity contribution in [2.24, 2.45) is 5.92 Å². The van der Waals surface area contributed by atoms with Gasteiger partial charge in [-0.3, -0.25) is 5.32 Å². The Balaban J connectivity index is 1.91. The first kappa shape index (κ1) is 11.6. The lowest BCUT2D eigenvalue weighted by Crippen LogP contribution is -2.40. The van der Waals surface area contributed by atoms with Crippen molar-refractivity contribution >= 4 is 0 Å². The van der Waals surface area contributed by atoms with Gasteiger partial charge >= 0.3 is 0 Å². The van der Waals surface area contributed by atoms with E-state index in [0.29, 0.717) is 0 Å².